The van der Waals surface area contributed by atoms with E-state index in [0.717, 1.165) is 24.9 Å². The van der Waals surface area contributed by atoms with Crippen molar-refractivity contribution >= 4 is 0 Å². The highest BCUT2D eigenvalue weighted by atomic mass is 16.3. The highest BCUT2D eigenvalue weighted by molar-refractivity contribution is 4.76. The summed E-state index contributed by atoms with van der Waals surface area (Å²) in [7, 11) is 0. The van der Waals surface area contributed by atoms with Gasteiger partial charge in [-0.15, -0.1) is 0 Å². The van der Waals surface area contributed by atoms with Crippen LogP contribution < -0.4 is 5.32 Å². The van der Waals surface area contributed by atoms with Crippen molar-refractivity contribution in [3.63, 3.8) is 0 Å². The topological polar surface area (TPSA) is 32.3 Å². The Labute approximate surface area is 75.4 Å². The largest absolute Gasteiger partial charge is 0.395 e. The maximum atomic E-state index is 8.51. The van der Waals surface area contributed by atoms with Crippen molar-refractivity contribution in [3.05, 3.63) is 0 Å². The van der Waals surface area contributed by atoms with E-state index in [1.165, 1.54) is 25.7 Å². The molecule has 0 aromatic heterocycles. The van der Waals surface area contributed by atoms with Gasteiger partial charge in [-0.05, 0) is 37.6 Å². The average Bonchev–Trinajstić information content (AvgIpc) is 2.08. The summed E-state index contributed by atoms with van der Waals surface area (Å²) in [6.45, 7) is 4.44. The van der Waals surface area contributed by atoms with E-state index in [4.69, 9.17) is 5.11 Å². The van der Waals surface area contributed by atoms with E-state index in [0.29, 0.717) is 0 Å². The van der Waals surface area contributed by atoms with Crippen LogP contribution in [-0.2, 0) is 0 Å². The maximum Gasteiger partial charge on any atom is 0.0555 e. The van der Waals surface area contributed by atoms with E-state index in [9.17, 15) is 0 Å². The second-order valence-corrected chi connectivity index (χ2v) is 3.93. The average molecular weight is 171 g/mol. The Morgan fingerprint density at radius 2 is 2.17 bits per heavy atom. The van der Waals surface area contributed by atoms with Crippen LogP contribution in [0.15, 0.2) is 0 Å². The van der Waals surface area contributed by atoms with Crippen LogP contribution in [-0.4, -0.2) is 24.8 Å². The first kappa shape index (κ1) is 10.0. The molecule has 0 aromatic carbocycles. The van der Waals surface area contributed by atoms with E-state index < -0.39 is 0 Å². The molecular formula is C10H21NO. The van der Waals surface area contributed by atoms with Gasteiger partial charge in [-0.1, -0.05) is 13.3 Å². The Morgan fingerprint density at radius 1 is 1.33 bits per heavy atom. The summed E-state index contributed by atoms with van der Waals surface area (Å²) in [5.74, 6) is 1.98. The summed E-state index contributed by atoms with van der Waals surface area (Å²) < 4.78 is 0. The fourth-order valence-corrected chi connectivity index (χ4v) is 1.86. The molecule has 0 heterocycles. The molecule has 0 radical (unpaired) electrons. The van der Waals surface area contributed by atoms with E-state index in [-0.39, 0.29) is 6.61 Å². The lowest BCUT2D eigenvalue weighted by atomic mass is 9.73. The van der Waals surface area contributed by atoms with E-state index in [2.05, 4.69) is 12.2 Å². The van der Waals surface area contributed by atoms with Gasteiger partial charge < -0.3 is 10.4 Å². The van der Waals surface area contributed by atoms with Crippen LogP contribution in [0.2, 0.25) is 0 Å². The zero-order chi connectivity index (χ0) is 8.81. The molecule has 1 aliphatic carbocycles. The molecule has 0 saturated heterocycles. The first-order valence-corrected chi connectivity index (χ1v) is 5.16. The van der Waals surface area contributed by atoms with Crippen LogP contribution in [0.4, 0.5) is 0 Å². The molecule has 72 valence electrons. The third-order valence-electron chi connectivity index (χ3n) is 3.01. The summed E-state index contributed by atoms with van der Waals surface area (Å²) in [6.07, 6.45) is 5.53. The molecule has 0 bridgehead atoms. The van der Waals surface area contributed by atoms with Gasteiger partial charge in [0.05, 0.1) is 6.61 Å². The van der Waals surface area contributed by atoms with Crippen molar-refractivity contribution < 1.29 is 5.11 Å². The predicted molar refractivity (Wildman–Crippen MR) is 51.1 cm³/mol. The Balaban J connectivity index is 1.82. The maximum absolute atomic E-state index is 8.51. The summed E-state index contributed by atoms with van der Waals surface area (Å²) in [5.41, 5.74) is 0. The molecule has 12 heavy (non-hydrogen) atoms. The SMILES string of the molecule is CC1CCC1CCCNCCO. The Kier molecular flexibility index (Phi) is 4.62. The molecule has 2 heteroatoms. The lowest BCUT2D eigenvalue weighted by Gasteiger charge is -2.33. The predicted octanol–water partition coefficient (Wildman–Crippen LogP) is 1.39. The van der Waals surface area contributed by atoms with E-state index >= 15 is 0 Å². The lowest BCUT2D eigenvalue weighted by Crippen LogP contribution is -2.25. The monoisotopic (exact) mass is 171 g/mol. The van der Waals surface area contributed by atoms with Crippen molar-refractivity contribution in [3.8, 4) is 0 Å². The zero-order valence-corrected chi connectivity index (χ0v) is 8.05. The quantitative estimate of drug-likeness (QED) is 0.592. The normalized spacial score (nSPS) is 28.5. The van der Waals surface area contributed by atoms with Crippen LogP contribution in [0.1, 0.15) is 32.6 Å². The molecular weight excluding hydrogens is 150 g/mol. The zero-order valence-electron chi connectivity index (χ0n) is 8.05. The van der Waals surface area contributed by atoms with Gasteiger partial charge in [0.1, 0.15) is 0 Å². The van der Waals surface area contributed by atoms with Crippen LogP contribution >= 0.6 is 0 Å². The Bertz CT molecular complexity index is 116. The molecule has 0 spiro atoms. The van der Waals surface area contributed by atoms with Crippen molar-refractivity contribution in [1.29, 1.82) is 0 Å². The molecule has 0 aliphatic heterocycles. The second kappa shape index (κ2) is 5.55. The summed E-state index contributed by atoms with van der Waals surface area (Å²) >= 11 is 0. The highest BCUT2D eigenvalue weighted by Gasteiger charge is 2.25. The highest BCUT2D eigenvalue weighted by Crippen LogP contribution is 2.36. The molecule has 2 N–H and O–H groups in total. The van der Waals surface area contributed by atoms with Crippen molar-refractivity contribution in [2.45, 2.75) is 32.6 Å². The van der Waals surface area contributed by atoms with E-state index in [1.54, 1.807) is 0 Å². The van der Waals surface area contributed by atoms with Gasteiger partial charge in [-0.3, -0.25) is 0 Å². The molecule has 2 unspecified atom stereocenters. The number of aliphatic hydroxyl groups is 1. The van der Waals surface area contributed by atoms with E-state index in [1.807, 2.05) is 0 Å². The molecule has 1 saturated carbocycles. The van der Waals surface area contributed by atoms with Gasteiger partial charge in [-0.25, -0.2) is 0 Å². The molecule has 1 aliphatic rings. The van der Waals surface area contributed by atoms with Gasteiger partial charge in [0, 0.05) is 6.54 Å². The standard InChI is InChI=1S/C10H21NO/c1-9-4-5-10(9)3-2-6-11-7-8-12/h9-12H,2-8H2,1H3. The minimum absolute atomic E-state index is 0.264. The molecule has 1 fully saturated rings. The molecule has 1 rings (SSSR count). The fraction of sp³-hybridized carbons (Fsp3) is 1.00. The first-order valence-electron chi connectivity index (χ1n) is 5.16. The smallest absolute Gasteiger partial charge is 0.0555 e. The minimum atomic E-state index is 0.264. The molecule has 2 nitrogen and oxygen atoms in total. The Hall–Kier alpha value is -0.0800. The van der Waals surface area contributed by atoms with Crippen molar-refractivity contribution in [1.82, 2.24) is 5.32 Å². The second-order valence-electron chi connectivity index (χ2n) is 3.93. The lowest BCUT2D eigenvalue weighted by molar-refractivity contribution is 0.179. The van der Waals surface area contributed by atoms with Gasteiger partial charge >= 0.3 is 0 Å². The van der Waals surface area contributed by atoms with Crippen LogP contribution in [0, 0.1) is 11.8 Å². The molecule has 2 atom stereocenters. The number of nitrogens with one attached hydrogen (secondary N) is 1. The van der Waals surface area contributed by atoms with Crippen LogP contribution in [0.25, 0.3) is 0 Å². The molecule has 0 aromatic rings. The number of hydrogen-bond acceptors (Lipinski definition) is 2. The van der Waals surface area contributed by atoms with Crippen LogP contribution in [0.3, 0.4) is 0 Å². The first-order chi connectivity index (χ1) is 5.84. The fourth-order valence-electron chi connectivity index (χ4n) is 1.86. The van der Waals surface area contributed by atoms with Gasteiger partial charge in [0.2, 0.25) is 0 Å². The Morgan fingerprint density at radius 3 is 2.67 bits per heavy atom. The number of hydrogen-bond donors (Lipinski definition) is 2. The van der Waals surface area contributed by atoms with Crippen LogP contribution in [0.5, 0.6) is 0 Å². The van der Waals surface area contributed by atoms with Gasteiger partial charge in [0.15, 0.2) is 0 Å². The van der Waals surface area contributed by atoms with Crippen molar-refractivity contribution in [2.75, 3.05) is 19.7 Å². The third-order valence-corrected chi connectivity index (χ3v) is 3.01. The number of rotatable bonds is 6. The van der Waals surface area contributed by atoms with Crippen molar-refractivity contribution in [2.24, 2.45) is 11.8 Å². The number of aliphatic hydroxyl groups excluding tert-OH is 1. The van der Waals surface area contributed by atoms with Gasteiger partial charge in [0.25, 0.3) is 0 Å². The minimum Gasteiger partial charge on any atom is -0.395 e. The van der Waals surface area contributed by atoms with Gasteiger partial charge in [-0.2, -0.15) is 0 Å². The summed E-state index contributed by atoms with van der Waals surface area (Å²) in [6, 6.07) is 0. The molecule has 0 amide bonds. The third kappa shape index (κ3) is 3.11. The summed E-state index contributed by atoms with van der Waals surface area (Å²) in [4.78, 5) is 0. The summed E-state index contributed by atoms with van der Waals surface area (Å²) in [5, 5.41) is 11.7.